The molecule has 0 heterocycles. The van der Waals surface area contributed by atoms with Gasteiger partial charge in [0.15, 0.2) is 23.3 Å². The molecule has 0 nitrogen and oxygen atoms in total. The van der Waals surface area contributed by atoms with Crippen molar-refractivity contribution in [3.63, 3.8) is 0 Å². The van der Waals surface area contributed by atoms with Crippen molar-refractivity contribution in [1.82, 2.24) is 0 Å². The van der Waals surface area contributed by atoms with E-state index in [0.29, 0.717) is 12.8 Å². The van der Waals surface area contributed by atoms with Gasteiger partial charge in [0.25, 0.3) is 0 Å². The molecule has 0 unspecified atom stereocenters. The van der Waals surface area contributed by atoms with Gasteiger partial charge in [0.05, 0.1) is 0 Å². The molecule has 13 heavy (non-hydrogen) atoms. The number of rotatable bonds is 1. The predicted molar refractivity (Wildman–Crippen MR) is 38.2 cm³/mol. The Hall–Kier alpha value is -1.06. The highest BCUT2D eigenvalue weighted by molar-refractivity contribution is 5.29. The number of hydrogen-bond acceptors (Lipinski definition) is 0. The second-order valence-corrected chi connectivity index (χ2v) is 3.16. The van der Waals surface area contributed by atoms with E-state index in [0.717, 1.165) is 0 Å². The minimum absolute atomic E-state index is 0.233. The second-order valence-electron chi connectivity index (χ2n) is 3.16. The summed E-state index contributed by atoms with van der Waals surface area (Å²) in [7, 11) is 0. The summed E-state index contributed by atoms with van der Waals surface area (Å²) < 4.78 is 51.2. The molecule has 0 spiro atoms. The van der Waals surface area contributed by atoms with Gasteiger partial charge in [0.2, 0.25) is 0 Å². The van der Waals surface area contributed by atoms with Gasteiger partial charge in [-0.1, -0.05) is 0 Å². The van der Waals surface area contributed by atoms with Gasteiger partial charge < -0.3 is 0 Å². The molecular weight excluding hydrogens is 184 g/mol. The average molecular weight is 190 g/mol. The summed E-state index contributed by atoms with van der Waals surface area (Å²) in [4.78, 5) is 0. The Morgan fingerprint density at radius 3 is 1.77 bits per heavy atom. The van der Waals surface area contributed by atoms with Crippen LogP contribution in [-0.2, 0) is 0 Å². The molecule has 0 amide bonds. The van der Waals surface area contributed by atoms with Crippen molar-refractivity contribution in [2.45, 2.75) is 18.8 Å². The molecule has 0 atom stereocenters. The molecular formula is C9H6F4. The largest absolute Gasteiger partial charge is 0.204 e. The summed E-state index contributed by atoms with van der Waals surface area (Å²) in [5.74, 6) is -5.48. The van der Waals surface area contributed by atoms with Gasteiger partial charge in [-0.2, -0.15) is 0 Å². The number of hydrogen-bond donors (Lipinski definition) is 0. The van der Waals surface area contributed by atoms with E-state index in [2.05, 4.69) is 0 Å². The van der Waals surface area contributed by atoms with E-state index in [4.69, 9.17) is 0 Å². The molecule has 1 fully saturated rings. The molecule has 0 bridgehead atoms. The monoisotopic (exact) mass is 190 g/mol. The van der Waals surface area contributed by atoms with Crippen LogP contribution in [0.2, 0.25) is 0 Å². The molecule has 2 rings (SSSR count). The van der Waals surface area contributed by atoms with E-state index in [9.17, 15) is 17.6 Å². The Labute approximate surface area is 72.2 Å². The van der Waals surface area contributed by atoms with Gasteiger partial charge in [-0.15, -0.1) is 0 Å². The molecule has 1 aliphatic carbocycles. The zero-order chi connectivity index (χ0) is 9.59. The molecule has 0 saturated heterocycles. The van der Waals surface area contributed by atoms with Crippen molar-refractivity contribution in [1.29, 1.82) is 0 Å². The third-order valence-corrected chi connectivity index (χ3v) is 2.13. The van der Waals surface area contributed by atoms with E-state index in [1.807, 2.05) is 0 Å². The zero-order valence-corrected chi connectivity index (χ0v) is 6.58. The van der Waals surface area contributed by atoms with Crippen molar-refractivity contribution in [3.8, 4) is 0 Å². The highest BCUT2D eigenvalue weighted by Gasteiger charge is 2.32. The topological polar surface area (TPSA) is 0 Å². The lowest BCUT2D eigenvalue weighted by Crippen LogP contribution is -2.00. The molecule has 0 radical (unpaired) electrons. The third-order valence-electron chi connectivity index (χ3n) is 2.13. The summed E-state index contributed by atoms with van der Waals surface area (Å²) >= 11 is 0. The molecule has 70 valence electrons. The zero-order valence-electron chi connectivity index (χ0n) is 6.58. The van der Waals surface area contributed by atoms with E-state index in [1.54, 1.807) is 0 Å². The third kappa shape index (κ3) is 1.30. The predicted octanol–water partition coefficient (Wildman–Crippen LogP) is 3.12. The van der Waals surface area contributed by atoms with Gasteiger partial charge in [-0.05, 0) is 18.8 Å². The summed E-state index contributed by atoms with van der Waals surface area (Å²) in [5, 5.41) is 0. The van der Waals surface area contributed by atoms with Gasteiger partial charge in [-0.3, -0.25) is 0 Å². The molecule has 1 aliphatic rings. The Morgan fingerprint density at radius 2 is 1.38 bits per heavy atom. The SMILES string of the molecule is Fc1cc(F)c(F)c(C2CC2)c1F. The number of benzene rings is 1. The summed E-state index contributed by atoms with van der Waals surface area (Å²) in [6.07, 6.45) is 1.19. The smallest absolute Gasteiger partial charge is 0.165 e. The lowest BCUT2D eigenvalue weighted by Gasteiger charge is -2.04. The van der Waals surface area contributed by atoms with Crippen LogP contribution in [0.5, 0.6) is 0 Å². The van der Waals surface area contributed by atoms with Gasteiger partial charge >= 0.3 is 0 Å². The van der Waals surface area contributed by atoms with Gasteiger partial charge in [0.1, 0.15) is 0 Å². The normalized spacial score (nSPS) is 16.3. The number of halogens is 4. The van der Waals surface area contributed by atoms with Crippen LogP contribution in [0.1, 0.15) is 24.3 Å². The molecule has 0 aromatic heterocycles. The van der Waals surface area contributed by atoms with Crippen LogP contribution >= 0.6 is 0 Å². The lowest BCUT2D eigenvalue weighted by molar-refractivity contribution is 0.439. The van der Waals surface area contributed by atoms with Crippen LogP contribution in [0.4, 0.5) is 17.6 Å². The Bertz CT molecular complexity index is 329. The van der Waals surface area contributed by atoms with Crippen LogP contribution in [-0.4, -0.2) is 0 Å². The van der Waals surface area contributed by atoms with Gasteiger partial charge in [0, 0.05) is 11.6 Å². The van der Waals surface area contributed by atoms with E-state index < -0.39 is 28.8 Å². The highest BCUT2D eigenvalue weighted by Crippen LogP contribution is 2.43. The first-order chi connectivity index (χ1) is 6.11. The van der Waals surface area contributed by atoms with Crippen LogP contribution in [0.15, 0.2) is 6.07 Å². The van der Waals surface area contributed by atoms with Crippen LogP contribution in [0, 0.1) is 23.3 Å². The lowest BCUT2D eigenvalue weighted by atomic mass is 10.1. The van der Waals surface area contributed by atoms with Crippen LogP contribution < -0.4 is 0 Å². The van der Waals surface area contributed by atoms with Crippen LogP contribution in [0.3, 0.4) is 0 Å². The van der Waals surface area contributed by atoms with E-state index in [-0.39, 0.29) is 12.0 Å². The fourth-order valence-electron chi connectivity index (χ4n) is 1.32. The van der Waals surface area contributed by atoms with Gasteiger partial charge in [-0.25, -0.2) is 17.6 Å². The first-order valence-electron chi connectivity index (χ1n) is 3.94. The summed E-state index contributed by atoms with van der Waals surface area (Å²) in [6, 6.07) is 0.233. The Kier molecular flexibility index (Phi) is 1.78. The second kappa shape index (κ2) is 2.72. The molecule has 1 saturated carbocycles. The fourth-order valence-corrected chi connectivity index (χ4v) is 1.32. The molecule has 0 aliphatic heterocycles. The summed E-state index contributed by atoms with van der Waals surface area (Å²) in [6.45, 7) is 0. The highest BCUT2D eigenvalue weighted by atomic mass is 19.2. The maximum atomic E-state index is 13.0. The quantitative estimate of drug-likeness (QED) is 0.471. The first kappa shape index (κ1) is 8.53. The van der Waals surface area contributed by atoms with Crippen molar-refractivity contribution < 1.29 is 17.6 Å². The Balaban J connectivity index is 2.62. The standard InChI is InChI=1S/C9H6F4/c10-5-3-6(11)9(13)7(8(5)12)4-1-2-4/h3-4H,1-2H2. The molecule has 1 aromatic rings. The molecule has 1 aromatic carbocycles. The van der Waals surface area contributed by atoms with Crippen LogP contribution in [0.25, 0.3) is 0 Å². The Morgan fingerprint density at radius 1 is 0.923 bits per heavy atom. The minimum atomic E-state index is -1.32. The van der Waals surface area contributed by atoms with Crippen molar-refractivity contribution >= 4 is 0 Å². The van der Waals surface area contributed by atoms with Crippen molar-refractivity contribution in [3.05, 3.63) is 34.9 Å². The van der Waals surface area contributed by atoms with E-state index in [1.165, 1.54) is 0 Å². The van der Waals surface area contributed by atoms with E-state index >= 15 is 0 Å². The van der Waals surface area contributed by atoms with Crippen molar-refractivity contribution in [2.24, 2.45) is 0 Å². The fraction of sp³-hybridized carbons (Fsp3) is 0.333. The first-order valence-corrected chi connectivity index (χ1v) is 3.94. The van der Waals surface area contributed by atoms with Crippen molar-refractivity contribution in [2.75, 3.05) is 0 Å². The average Bonchev–Trinajstić information content (AvgIpc) is 2.85. The molecule has 0 N–H and O–H groups in total. The maximum absolute atomic E-state index is 13.0. The molecule has 4 heteroatoms. The maximum Gasteiger partial charge on any atom is 0.165 e. The minimum Gasteiger partial charge on any atom is -0.204 e. The summed E-state index contributed by atoms with van der Waals surface area (Å²) in [5.41, 5.74) is -0.433.